The van der Waals surface area contributed by atoms with Crippen molar-refractivity contribution < 1.29 is 4.79 Å². The predicted molar refractivity (Wildman–Crippen MR) is 58.2 cm³/mol. The molecule has 0 fully saturated rings. The molecule has 2 rings (SSSR count). The molecule has 0 saturated carbocycles. The van der Waals surface area contributed by atoms with Crippen molar-refractivity contribution in [1.82, 2.24) is 4.90 Å². The van der Waals surface area contributed by atoms with Crippen LogP contribution in [0, 0.1) is 0 Å². The van der Waals surface area contributed by atoms with Crippen LogP contribution in [0.1, 0.15) is 17.5 Å². The second-order valence-electron chi connectivity index (χ2n) is 3.61. The molecule has 1 aromatic rings. The van der Waals surface area contributed by atoms with Crippen molar-refractivity contribution in [3.05, 3.63) is 35.4 Å². The lowest BCUT2D eigenvalue weighted by molar-refractivity contribution is -0.0979. The average molecular weight is 191 g/mol. The van der Waals surface area contributed by atoms with Crippen LogP contribution in [0.15, 0.2) is 24.3 Å². The maximum absolute atomic E-state index is 8.00. The zero-order valence-electron chi connectivity index (χ0n) is 8.70. The van der Waals surface area contributed by atoms with Crippen LogP contribution in [0.4, 0.5) is 0 Å². The highest BCUT2D eigenvalue weighted by Gasteiger charge is 2.09. The Hall–Kier alpha value is -1.15. The number of carbonyl (C=O) groups excluding carboxylic acids is 1. The van der Waals surface area contributed by atoms with Crippen LogP contribution >= 0.6 is 0 Å². The van der Waals surface area contributed by atoms with Gasteiger partial charge in [-0.25, -0.2) is 0 Å². The summed E-state index contributed by atoms with van der Waals surface area (Å²) in [6.07, 6.45) is 2.55. The van der Waals surface area contributed by atoms with Crippen LogP contribution in [0.25, 0.3) is 0 Å². The molecule has 1 aliphatic heterocycles. The molecule has 0 unspecified atom stereocenters. The monoisotopic (exact) mass is 191 g/mol. The molecular weight excluding hydrogens is 174 g/mol. The summed E-state index contributed by atoms with van der Waals surface area (Å²) in [4.78, 5) is 10.4. The van der Waals surface area contributed by atoms with Crippen LogP contribution < -0.4 is 0 Å². The number of benzene rings is 1. The van der Waals surface area contributed by atoms with Gasteiger partial charge >= 0.3 is 0 Å². The lowest BCUT2D eigenvalue weighted by Gasteiger charge is -2.12. The third-order valence-electron chi connectivity index (χ3n) is 2.54. The molecule has 0 spiro atoms. The Labute approximate surface area is 85.5 Å². The lowest BCUT2D eigenvalue weighted by atomic mass is 10.0. The van der Waals surface area contributed by atoms with Crippen molar-refractivity contribution in [1.29, 1.82) is 0 Å². The highest BCUT2D eigenvalue weighted by molar-refractivity contribution is 5.27. The van der Waals surface area contributed by atoms with E-state index < -0.39 is 0 Å². The fourth-order valence-corrected chi connectivity index (χ4v) is 1.86. The van der Waals surface area contributed by atoms with E-state index in [-0.39, 0.29) is 0 Å². The standard InChI is InChI=1S/C11H15N.CH2O/c1-12-8-4-7-10-5-2-3-6-11(10)9-12;1-2/h2-3,5-6H,4,7-9H2,1H3;1H2. The van der Waals surface area contributed by atoms with Gasteiger partial charge in [-0.2, -0.15) is 0 Å². The Morgan fingerprint density at radius 2 is 1.86 bits per heavy atom. The number of aryl methyl sites for hydroxylation is 1. The van der Waals surface area contributed by atoms with Crippen LogP contribution in [-0.2, 0) is 17.8 Å². The van der Waals surface area contributed by atoms with E-state index in [1.54, 1.807) is 5.56 Å². The molecule has 2 heteroatoms. The summed E-state index contributed by atoms with van der Waals surface area (Å²) < 4.78 is 0. The molecule has 1 aromatic carbocycles. The van der Waals surface area contributed by atoms with E-state index in [0.717, 1.165) is 6.54 Å². The van der Waals surface area contributed by atoms with Crippen LogP contribution in [0.2, 0.25) is 0 Å². The number of hydrogen-bond acceptors (Lipinski definition) is 2. The van der Waals surface area contributed by atoms with Crippen molar-refractivity contribution in [3.63, 3.8) is 0 Å². The van der Waals surface area contributed by atoms with Crippen LogP contribution in [-0.4, -0.2) is 25.3 Å². The number of carbonyl (C=O) groups is 1. The molecule has 0 amide bonds. The van der Waals surface area contributed by atoms with Crippen molar-refractivity contribution in [2.24, 2.45) is 0 Å². The summed E-state index contributed by atoms with van der Waals surface area (Å²) >= 11 is 0. The van der Waals surface area contributed by atoms with E-state index >= 15 is 0 Å². The summed E-state index contributed by atoms with van der Waals surface area (Å²) in [7, 11) is 2.20. The first kappa shape index (κ1) is 10.9. The summed E-state index contributed by atoms with van der Waals surface area (Å²) in [6.45, 7) is 4.35. The Kier molecular flexibility index (Phi) is 4.33. The first-order chi connectivity index (χ1) is 6.86. The summed E-state index contributed by atoms with van der Waals surface area (Å²) in [6, 6.07) is 8.79. The molecular formula is C12H17NO. The Morgan fingerprint density at radius 1 is 1.21 bits per heavy atom. The van der Waals surface area contributed by atoms with E-state index in [0.29, 0.717) is 0 Å². The lowest BCUT2D eigenvalue weighted by Crippen LogP contribution is -2.16. The quantitative estimate of drug-likeness (QED) is 0.624. The third-order valence-corrected chi connectivity index (χ3v) is 2.54. The van der Waals surface area contributed by atoms with E-state index in [4.69, 9.17) is 4.79 Å². The molecule has 0 aliphatic carbocycles. The highest BCUT2D eigenvalue weighted by atomic mass is 16.1. The molecule has 14 heavy (non-hydrogen) atoms. The fraction of sp³-hybridized carbons (Fsp3) is 0.417. The number of nitrogens with zero attached hydrogens (tertiary/aromatic N) is 1. The van der Waals surface area contributed by atoms with E-state index in [1.165, 1.54) is 24.9 Å². The van der Waals surface area contributed by atoms with Crippen molar-refractivity contribution in [2.75, 3.05) is 13.6 Å². The minimum absolute atomic E-state index is 1.12. The van der Waals surface area contributed by atoms with E-state index in [2.05, 4.69) is 36.2 Å². The number of rotatable bonds is 0. The Balaban J connectivity index is 0.000000461. The summed E-state index contributed by atoms with van der Waals surface area (Å²) in [5, 5.41) is 0. The van der Waals surface area contributed by atoms with Crippen molar-refractivity contribution in [3.8, 4) is 0 Å². The fourth-order valence-electron chi connectivity index (χ4n) is 1.86. The van der Waals surface area contributed by atoms with Gasteiger partial charge in [-0.05, 0) is 37.6 Å². The molecule has 1 heterocycles. The molecule has 0 atom stereocenters. The Bertz CT molecular complexity index is 285. The zero-order chi connectivity index (χ0) is 10.4. The number of fused-ring (bicyclic) bond motifs is 1. The molecule has 0 N–H and O–H groups in total. The Morgan fingerprint density at radius 3 is 2.57 bits per heavy atom. The average Bonchev–Trinajstić information content (AvgIpc) is 2.41. The highest BCUT2D eigenvalue weighted by Crippen LogP contribution is 2.16. The minimum atomic E-state index is 1.12. The maximum atomic E-state index is 8.00. The third kappa shape index (κ3) is 2.67. The van der Waals surface area contributed by atoms with Gasteiger partial charge in [-0.1, -0.05) is 24.3 Å². The zero-order valence-corrected chi connectivity index (χ0v) is 8.70. The van der Waals surface area contributed by atoms with Crippen molar-refractivity contribution in [2.45, 2.75) is 19.4 Å². The molecule has 76 valence electrons. The molecule has 0 saturated heterocycles. The second kappa shape index (κ2) is 5.55. The molecule has 0 bridgehead atoms. The van der Waals surface area contributed by atoms with Gasteiger partial charge in [-0.15, -0.1) is 0 Å². The largest absolute Gasteiger partial charge is 0.307 e. The summed E-state index contributed by atoms with van der Waals surface area (Å²) in [5.74, 6) is 0. The first-order valence-corrected chi connectivity index (χ1v) is 4.90. The van der Waals surface area contributed by atoms with Gasteiger partial charge in [0.25, 0.3) is 0 Å². The van der Waals surface area contributed by atoms with Gasteiger partial charge in [0.1, 0.15) is 6.79 Å². The summed E-state index contributed by atoms with van der Waals surface area (Å²) in [5.41, 5.74) is 3.05. The van der Waals surface area contributed by atoms with Gasteiger partial charge in [-0.3, -0.25) is 0 Å². The first-order valence-electron chi connectivity index (χ1n) is 4.90. The number of hydrogen-bond donors (Lipinski definition) is 0. The van der Waals surface area contributed by atoms with Crippen molar-refractivity contribution >= 4 is 6.79 Å². The van der Waals surface area contributed by atoms with Gasteiger partial charge in [0, 0.05) is 6.54 Å². The van der Waals surface area contributed by atoms with Gasteiger partial charge < -0.3 is 9.69 Å². The normalized spacial score (nSPS) is 16.1. The SMILES string of the molecule is C=O.CN1CCCc2ccccc2C1. The van der Waals surface area contributed by atoms with Crippen LogP contribution in [0.5, 0.6) is 0 Å². The molecule has 2 nitrogen and oxygen atoms in total. The second-order valence-corrected chi connectivity index (χ2v) is 3.61. The van der Waals surface area contributed by atoms with Gasteiger partial charge in [0.05, 0.1) is 0 Å². The molecule has 1 aliphatic rings. The maximum Gasteiger partial charge on any atom is 0.106 e. The van der Waals surface area contributed by atoms with E-state index in [1.807, 2.05) is 6.79 Å². The predicted octanol–water partition coefficient (Wildman–Crippen LogP) is 1.88. The van der Waals surface area contributed by atoms with Gasteiger partial charge in [0.2, 0.25) is 0 Å². The van der Waals surface area contributed by atoms with Gasteiger partial charge in [0.15, 0.2) is 0 Å². The molecule has 0 aromatic heterocycles. The van der Waals surface area contributed by atoms with E-state index in [9.17, 15) is 0 Å². The van der Waals surface area contributed by atoms with Crippen LogP contribution in [0.3, 0.4) is 0 Å². The molecule has 0 radical (unpaired) electrons. The topological polar surface area (TPSA) is 20.3 Å². The minimum Gasteiger partial charge on any atom is -0.307 e. The smallest absolute Gasteiger partial charge is 0.106 e.